The lowest BCUT2D eigenvalue weighted by Crippen LogP contribution is -2.41. The maximum absolute atomic E-state index is 12.6. The molecule has 0 unspecified atom stereocenters. The molecule has 0 fully saturated rings. The van der Waals surface area contributed by atoms with Crippen LogP contribution in [0.25, 0.3) is 0 Å². The highest BCUT2D eigenvalue weighted by Crippen LogP contribution is 2.50. The van der Waals surface area contributed by atoms with Crippen LogP contribution >= 0.6 is 0 Å². The van der Waals surface area contributed by atoms with E-state index in [4.69, 9.17) is 14.2 Å². The number of fused-ring (bicyclic) bond motifs is 2. The highest BCUT2D eigenvalue weighted by molar-refractivity contribution is 7.85. The molecule has 3 aromatic rings. The number of amides is 2. The van der Waals surface area contributed by atoms with Gasteiger partial charge in [-0.15, -0.1) is 0 Å². The molecule has 1 aliphatic heterocycles. The number of anilines is 2. The first-order valence-electron chi connectivity index (χ1n) is 16.8. The number of hydrogen-bond acceptors (Lipinski definition) is 9. The van der Waals surface area contributed by atoms with Crippen molar-refractivity contribution in [2.24, 2.45) is 0 Å². The Morgan fingerprint density at radius 3 is 1.58 bits per heavy atom. The van der Waals surface area contributed by atoms with Crippen LogP contribution in [-0.2, 0) is 19.6 Å². The summed E-state index contributed by atoms with van der Waals surface area (Å²) >= 11 is 0. The lowest BCUT2D eigenvalue weighted by Gasteiger charge is -2.32. The minimum Gasteiger partial charge on any atom is -0.457 e. The molecule has 0 bridgehead atoms. The fraction of sp³-hybridized carbons (Fsp3) is 0.459. The van der Waals surface area contributed by atoms with Crippen molar-refractivity contribution in [1.82, 2.24) is 10.6 Å². The van der Waals surface area contributed by atoms with E-state index in [2.05, 4.69) is 20.4 Å². The lowest BCUT2D eigenvalue weighted by atomic mass is 9.82. The summed E-state index contributed by atoms with van der Waals surface area (Å²) in [5, 5.41) is 5.58. The summed E-state index contributed by atoms with van der Waals surface area (Å²) in [5.41, 5.74) is 2.70. The van der Waals surface area contributed by atoms with Gasteiger partial charge >= 0.3 is 12.2 Å². The molecule has 1 aliphatic rings. The molecule has 13 heteroatoms. The molecule has 4 rings (SSSR count). The first kappa shape index (κ1) is 38.3. The number of alkyl carbamates (subject to hydrolysis) is 2. The average molecular weight is 711 g/mol. The predicted octanol–water partition coefficient (Wildman–Crippen LogP) is 6.92. The Morgan fingerprint density at radius 1 is 0.740 bits per heavy atom. The van der Waals surface area contributed by atoms with Crippen molar-refractivity contribution >= 4 is 33.7 Å². The summed E-state index contributed by atoms with van der Waals surface area (Å²) in [6.07, 6.45) is -0.980. The van der Waals surface area contributed by atoms with E-state index in [1.54, 1.807) is 18.2 Å². The number of hydrogen-bond donors (Lipinski definition) is 3. The maximum Gasteiger partial charge on any atom is 0.407 e. The largest absolute Gasteiger partial charge is 0.457 e. The van der Waals surface area contributed by atoms with Gasteiger partial charge in [0, 0.05) is 64.7 Å². The van der Waals surface area contributed by atoms with Crippen molar-refractivity contribution in [3.05, 3.63) is 77.4 Å². The summed E-state index contributed by atoms with van der Waals surface area (Å²) in [6.45, 7) is 17.7. The lowest BCUT2D eigenvalue weighted by molar-refractivity contribution is 0.139. The Hall–Kier alpha value is -4.49. The molecule has 12 nitrogen and oxygen atoms in total. The zero-order valence-electron chi connectivity index (χ0n) is 30.2. The Bertz CT molecular complexity index is 1690. The van der Waals surface area contributed by atoms with E-state index in [0.29, 0.717) is 43.2 Å². The summed E-state index contributed by atoms with van der Waals surface area (Å²) in [4.78, 5) is 28.4. The zero-order chi connectivity index (χ0) is 36.9. The quantitative estimate of drug-likeness (QED) is 0.132. The Labute approximate surface area is 295 Å². The van der Waals surface area contributed by atoms with Gasteiger partial charge in [-0.3, -0.25) is 4.55 Å². The number of ether oxygens (including phenoxy) is 3. The van der Waals surface area contributed by atoms with Crippen LogP contribution in [0.4, 0.5) is 21.0 Å². The number of carbonyl (C=O) groups excluding carboxylic acids is 2. The van der Waals surface area contributed by atoms with E-state index in [1.165, 1.54) is 6.07 Å². The van der Waals surface area contributed by atoms with E-state index in [0.717, 1.165) is 22.5 Å². The number of nitrogens with one attached hydrogen (secondary N) is 2. The summed E-state index contributed by atoms with van der Waals surface area (Å²) in [7, 11) is -4.55. The third kappa shape index (κ3) is 10.0. The van der Waals surface area contributed by atoms with Crippen LogP contribution in [0, 0.1) is 0 Å². The predicted molar refractivity (Wildman–Crippen MR) is 194 cm³/mol. The van der Waals surface area contributed by atoms with E-state index in [9.17, 15) is 22.6 Å². The van der Waals surface area contributed by atoms with Gasteiger partial charge in [-0.05, 0) is 79.2 Å². The standard InChI is InChI=1S/C37H50N4O8S/c1-9-40(19-21-47-34(42)38-36(3,4)5)25-15-17-27-30(23-25)49-31-24-26(41(10-2)20-22-48-35(43)39-37(6,7)8)16-18-28(31)33(27)29-13-11-12-14-32(29)50(44,45)46/h11-18,23-24,33H,9-10,19-22H2,1-8H3,(H,38,42)(H,39,43)(H,44,45,46). The molecule has 272 valence electrons. The van der Waals surface area contributed by atoms with Crippen LogP contribution < -0.4 is 25.2 Å². The van der Waals surface area contributed by atoms with Crippen LogP contribution in [0.2, 0.25) is 0 Å². The fourth-order valence-corrected chi connectivity index (χ4v) is 6.52. The van der Waals surface area contributed by atoms with Gasteiger partial charge in [0.15, 0.2) is 0 Å². The minimum absolute atomic E-state index is 0.165. The van der Waals surface area contributed by atoms with Crippen LogP contribution in [-0.4, -0.2) is 75.6 Å². The molecule has 0 saturated carbocycles. The van der Waals surface area contributed by atoms with Crippen LogP contribution in [0.5, 0.6) is 11.5 Å². The molecule has 3 N–H and O–H groups in total. The average Bonchev–Trinajstić information content (AvgIpc) is 3.01. The van der Waals surface area contributed by atoms with Gasteiger partial charge in [0.05, 0.1) is 18.0 Å². The fourth-order valence-electron chi connectivity index (χ4n) is 5.79. The second-order valence-corrected chi connectivity index (χ2v) is 15.6. The second-order valence-electron chi connectivity index (χ2n) is 14.2. The van der Waals surface area contributed by atoms with E-state index < -0.39 is 39.3 Å². The topological polar surface area (TPSA) is 147 Å². The molecule has 2 amide bonds. The van der Waals surface area contributed by atoms with E-state index in [1.807, 2.05) is 91.8 Å². The maximum atomic E-state index is 12.6. The molecule has 0 aliphatic carbocycles. The van der Waals surface area contributed by atoms with Crippen molar-refractivity contribution in [3.8, 4) is 11.5 Å². The molecule has 0 spiro atoms. The molecule has 0 saturated heterocycles. The molecule has 1 heterocycles. The highest BCUT2D eigenvalue weighted by atomic mass is 32.2. The molecule has 3 aromatic carbocycles. The molecule has 0 atom stereocenters. The van der Waals surface area contributed by atoms with Crippen molar-refractivity contribution in [2.45, 2.75) is 77.3 Å². The minimum atomic E-state index is -4.55. The Kier molecular flexibility index (Phi) is 11.9. The van der Waals surface area contributed by atoms with Crippen molar-refractivity contribution in [1.29, 1.82) is 0 Å². The van der Waals surface area contributed by atoms with Gasteiger partial charge in [0.1, 0.15) is 24.7 Å². The van der Waals surface area contributed by atoms with Gasteiger partial charge in [-0.2, -0.15) is 8.42 Å². The summed E-state index contributed by atoms with van der Waals surface area (Å²) < 4.78 is 52.7. The molecular weight excluding hydrogens is 660 g/mol. The second kappa shape index (κ2) is 15.6. The third-order valence-electron chi connectivity index (χ3n) is 7.98. The van der Waals surface area contributed by atoms with Crippen molar-refractivity contribution < 1.29 is 36.8 Å². The number of benzene rings is 3. The van der Waals surface area contributed by atoms with Crippen molar-refractivity contribution in [2.75, 3.05) is 49.2 Å². The molecular formula is C37H50N4O8S. The Morgan fingerprint density at radius 2 is 1.18 bits per heavy atom. The summed E-state index contributed by atoms with van der Waals surface area (Å²) in [6, 6.07) is 17.9. The van der Waals surface area contributed by atoms with Crippen LogP contribution in [0.1, 0.15) is 78.0 Å². The number of nitrogens with zero attached hydrogens (tertiary/aromatic N) is 2. The van der Waals surface area contributed by atoms with Crippen LogP contribution in [0.15, 0.2) is 65.6 Å². The SMILES string of the molecule is CCN(CCOC(=O)NC(C)(C)C)c1ccc2c(c1)Oc1cc(N(CC)CCOC(=O)NC(C)(C)C)ccc1C2c1ccccc1S(=O)(=O)O. The molecule has 0 aromatic heterocycles. The smallest absolute Gasteiger partial charge is 0.407 e. The van der Waals surface area contributed by atoms with Gasteiger partial charge < -0.3 is 34.6 Å². The van der Waals surface area contributed by atoms with E-state index in [-0.39, 0.29) is 18.1 Å². The summed E-state index contributed by atoms with van der Waals surface area (Å²) in [5.74, 6) is 0.476. The van der Waals surface area contributed by atoms with E-state index >= 15 is 0 Å². The first-order valence-corrected chi connectivity index (χ1v) is 18.3. The van der Waals surface area contributed by atoms with Gasteiger partial charge in [-0.1, -0.05) is 30.3 Å². The van der Waals surface area contributed by atoms with Gasteiger partial charge in [-0.25, -0.2) is 9.59 Å². The van der Waals surface area contributed by atoms with Gasteiger partial charge in [0.2, 0.25) is 0 Å². The zero-order valence-corrected chi connectivity index (χ0v) is 31.0. The Balaban J connectivity index is 1.67. The normalized spacial score (nSPS) is 13.0. The number of carbonyl (C=O) groups is 2. The highest BCUT2D eigenvalue weighted by Gasteiger charge is 2.33. The monoisotopic (exact) mass is 710 g/mol. The first-order chi connectivity index (χ1) is 23.4. The van der Waals surface area contributed by atoms with Crippen molar-refractivity contribution in [3.63, 3.8) is 0 Å². The molecule has 50 heavy (non-hydrogen) atoms. The molecule has 0 radical (unpaired) electrons. The number of likely N-dealkylation sites (N-methyl/N-ethyl adjacent to an activating group) is 2. The third-order valence-corrected chi connectivity index (χ3v) is 8.91. The van der Waals surface area contributed by atoms with Gasteiger partial charge in [0.25, 0.3) is 10.1 Å². The van der Waals surface area contributed by atoms with Crippen LogP contribution in [0.3, 0.4) is 0 Å². The number of rotatable bonds is 12.